The van der Waals surface area contributed by atoms with Crippen LogP contribution in [0, 0.1) is 10.1 Å². The molecule has 0 spiro atoms. The molecule has 0 bridgehead atoms. The minimum atomic E-state index is -0.432. The Hall–Kier alpha value is -3.00. The van der Waals surface area contributed by atoms with Crippen molar-refractivity contribution in [3.63, 3.8) is 0 Å². The van der Waals surface area contributed by atoms with Gasteiger partial charge in [0.05, 0.1) is 11.1 Å². The maximum Gasteiger partial charge on any atom is 0.269 e. The summed E-state index contributed by atoms with van der Waals surface area (Å²) in [6.07, 6.45) is 3.13. The summed E-state index contributed by atoms with van der Waals surface area (Å²) in [4.78, 5) is 10.2. The van der Waals surface area contributed by atoms with Crippen LogP contribution in [0.25, 0.3) is 0 Å². The van der Waals surface area contributed by atoms with Gasteiger partial charge in [0.25, 0.3) is 5.69 Å². The molecule has 0 aliphatic rings. The van der Waals surface area contributed by atoms with Crippen molar-refractivity contribution in [3.05, 3.63) is 82.2 Å². The number of thioether (sulfide) groups is 1. The van der Waals surface area contributed by atoms with Crippen LogP contribution in [-0.4, -0.2) is 26.0 Å². The van der Waals surface area contributed by atoms with Crippen LogP contribution in [0.15, 0.2) is 71.2 Å². The molecule has 0 amide bonds. The lowest BCUT2D eigenvalue weighted by molar-refractivity contribution is -0.384. The summed E-state index contributed by atoms with van der Waals surface area (Å²) in [7, 11) is 0. The summed E-state index contributed by atoms with van der Waals surface area (Å²) in [6, 6.07) is 16.2. The van der Waals surface area contributed by atoms with Gasteiger partial charge in [-0.2, -0.15) is 9.78 Å². The Bertz CT molecular complexity index is 846. The van der Waals surface area contributed by atoms with E-state index in [1.807, 2.05) is 30.3 Å². The summed E-state index contributed by atoms with van der Waals surface area (Å²) >= 11 is 1.53. The number of nitrogens with zero attached hydrogens (tertiary/aromatic N) is 5. The Kier molecular flexibility index (Phi) is 4.97. The average molecular weight is 339 g/mol. The quantitative estimate of drug-likeness (QED) is 0.297. The lowest BCUT2D eigenvalue weighted by Gasteiger charge is -2.01. The molecule has 0 atom stereocenters. The van der Waals surface area contributed by atoms with E-state index in [0.717, 1.165) is 11.3 Å². The lowest BCUT2D eigenvalue weighted by Crippen LogP contribution is -1.93. The van der Waals surface area contributed by atoms with Gasteiger partial charge in [-0.1, -0.05) is 42.1 Å². The number of nitro benzene ring substituents is 1. The zero-order valence-electron chi connectivity index (χ0n) is 12.5. The van der Waals surface area contributed by atoms with Crippen molar-refractivity contribution in [2.75, 3.05) is 0 Å². The maximum atomic E-state index is 10.6. The molecule has 0 saturated heterocycles. The fraction of sp³-hybridized carbons (Fsp3) is 0.0625. The van der Waals surface area contributed by atoms with Crippen LogP contribution in [0.4, 0.5) is 5.69 Å². The maximum absolute atomic E-state index is 10.6. The van der Waals surface area contributed by atoms with E-state index >= 15 is 0 Å². The van der Waals surface area contributed by atoms with Crippen LogP contribution in [0.2, 0.25) is 0 Å². The molecule has 0 radical (unpaired) electrons. The van der Waals surface area contributed by atoms with Gasteiger partial charge in [-0.05, 0) is 23.3 Å². The van der Waals surface area contributed by atoms with E-state index in [0.29, 0.717) is 5.16 Å². The van der Waals surface area contributed by atoms with Crippen molar-refractivity contribution >= 4 is 23.7 Å². The first-order valence-electron chi connectivity index (χ1n) is 7.08. The lowest BCUT2D eigenvalue weighted by atomic mass is 10.2. The molecule has 0 saturated carbocycles. The summed E-state index contributed by atoms with van der Waals surface area (Å²) in [5, 5.41) is 23.5. The number of aromatic nitrogens is 3. The number of nitro groups is 1. The first kappa shape index (κ1) is 15.9. The molecule has 1 heterocycles. The Morgan fingerprint density at radius 2 is 1.92 bits per heavy atom. The predicted molar refractivity (Wildman–Crippen MR) is 92.1 cm³/mol. The highest BCUT2D eigenvalue weighted by atomic mass is 32.2. The SMILES string of the molecule is O=[N+]([O-])c1ccc(/C=N/n2cnnc2SCc2ccccc2)cc1. The van der Waals surface area contributed by atoms with Crippen molar-refractivity contribution < 1.29 is 4.92 Å². The molecular formula is C16H13N5O2S. The second kappa shape index (κ2) is 7.51. The highest BCUT2D eigenvalue weighted by molar-refractivity contribution is 7.98. The molecule has 2 aromatic carbocycles. The van der Waals surface area contributed by atoms with Gasteiger partial charge in [0.15, 0.2) is 0 Å². The second-order valence-electron chi connectivity index (χ2n) is 4.83. The van der Waals surface area contributed by atoms with Gasteiger partial charge in [-0.3, -0.25) is 10.1 Å². The number of hydrogen-bond donors (Lipinski definition) is 0. The largest absolute Gasteiger partial charge is 0.269 e. The minimum absolute atomic E-state index is 0.0514. The number of non-ortho nitro benzene ring substituents is 1. The highest BCUT2D eigenvalue weighted by Gasteiger charge is 2.05. The van der Waals surface area contributed by atoms with E-state index < -0.39 is 4.92 Å². The summed E-state index contributed by atoms with van der Waals surface area (Å²) in [6.45, 7) is 0. The molecular weight excluding hydrogens is 326 g/mol. The monoisotopic (exact) mass is 339 g/mol. The zero-order valence-corrected chi connectivity index (χ0v) is 13.3. The Labute approximate surface area is 142 Å². The number of rotatable bonds is 6. The molecule has 0 fully saturated rings. The van der Waals surface area contributed by atoms with Gasteiger partial charge < -0.3 is 0 Å². The van der Waals surface area contributed by atoms with Crippen LogP contribution in [-0.2, 0) is 5.75 Å². The van der Waals surface area contributed by atoms with Crippen LogP contribution in [0.1, 0.15) is 11.1 Å². The standard InChI is InChI=1S/C16H13N5O2S/c22-21(23)15-8-6-13(7-9-15)10-18-20-12-17-19-16(20)24-11-14-4-2-1-3-5-14/h1-10,12H,11H2/b18-10+. The van der Waals surface area contributed by atoms with Gasteiger partial charge >= 0.3 is 0 Å². The van der Waals surface area contributed by atoms with E-state index in [4.69, 9.17) is 0 Å². The van der Waals surface area contributed by atoms with Crippen molar-refractivity contribution in [1.29, 1.82) is 0 Å². The third kappa shape index (κ3) is 4.05. The molecule has 0 aliphatic carbocycles. The van der Waals surface area contributed by atoms with Gasteiger partial charge in [0, 0.05) is 17.9 Å². The zero-order chi connectivity index (χ0) is 16.8. The Morgan fingerprint density at radius 1 is 1.17 bits per heavy atom. The van der Waals surface area contributed by atoms with Gasteiger partial charge in [0.1, 0.15) is 6.33 Å². The van der Waals surface area contributed by atoms with Crippen LogP contribution >= 0.6 is 11.8 Å². The van der Waals surface area contributed by atoms with Crippen LogP contribution in [0.3, 0.4) is 0 Å². The molecule has 24 heavy (non-hydrogen) atoms. The highest BCUT2D eigenvalue weighted by Crippen LogP contribution is 2.20. The van der Waals surface area contributed by atoms with Gasteiger partial charge in [0.2, 0.25) is 5.16 Å². The van der Waals surface area contributed by atoms with E-state index in [9.17, 15) is 10.1 Å². The predicted octanol–water partition coefficient (Wildman–Crippen LogP) is 3.36. The van der Waals surface area contributed by atoms with Crippen molar-refractivity contribution in [1.82, 2.24) is 14.9 Å². The summed E-state index contributed by atoms with van der Waals surface area (Å²) < 4.78 is 1.58. The van der Waals surface area contributed by atoms with E-state index in [-0.39, 0.29) is 5.69 Å². The molecule has 0 N–H and O–H groups in total. The number of hydrogen-bond acceptors (Lipinski definition) is 6. The van der Waals surface area contributed by atoms with E-state index in [1.54, 1.807) is 23.0 Å². The Morgan fingerprint density at radius 3 is 2.62 bits per heavy atom. The minimum Gasteiger partial charge on any atom is -0.258 e. The second-order valence-corrected chi connectivity index (χ2v) is 5.77. The molecule has 120 valence electrons. The van der Waals surface area contributed by atoms with Crippen molar-refractivity contribution in [2.24, 2.45) is 5.10 Å². The summed E-state index contributed by atoms with van der Waals surface area (Å²) in [5.74, 6) is 0.770. The fourth-order valence-corrected chi connectivity index (χ4v) is 2.75. The smallest absolute Gasteiger partial charge is 0.258 e. The van der Waals surface area contributed by atoms with Gasteiger partial charge in [-0.25, -0.2) is 0 Å². The molecule has 1 aromatic heterocycles. The van der Waals surface area contributed by atoms with Crippen molar-refractivity contribution in [2.45, 2.75) is 10.9 Å². The van der Waals surface area contributed by atoms with Crippen LogP contribution in [0.5, 0.6) is 0 Å². The Balaban J connectivity index is 1.67. The normalized spacial score (nSPS) is 11.0. The third-order valence-corrected chi connectivity index (χ3v) is 4.15. The molecule has 0 unspecified atom stereocenters. The molecule has 3 rings (SSSR count). The summed E-state index contributed by atoms with van der Waals surface area (Å²) in [5.41, 5.74) is 2.00. The molecule has 3 aromatic rings. The van der Waals surface area contributed by atoms with E-state index in [2.05, 4.69) is 15.3 Å². The number of benzene rings is 2. The first-order valence-corrected chi connectivity index (χ1v) is 8.06. The molecule has 8 heteroatoms. The van der Waals surface area contributed by atoms with E-state index in [1.165, 1.54) is 35.8 Å². The van der Waals surface area contributed by atoms with Gasteiger partial charge in [-0.15, -0.1) is 10.2 Å². The fourth-order valence-electron chi connectivity index (χ4n) is 1.93. The molecule has 7 nitrogen and oxygen atoms in total. The van der Waals surface area contributed by atoms with Crippen molar-refractivity contribution in [3.8, 4) is 0 Å². The molecule has 0 aliphatic heterocycles. The average Bonchev–Trinajstić information content (AvgIpc) is 3.07. The third-order valence-electron chi connectivity index (χ3n) is 3.15. The van der Waals surface area contributed by atoms with Crippen LogP contribution < -0.4 is 0 Å². The first-order chi connectivity index (χ1) is 11.7. The topological polar surface area (TPSA) is 86.2 Å².